The third-order valence-corrected chi connectivity index (χ3v) is 2.87. The highest BCUT2D eigenvalue weighted by molar-refractivity contribution is 5.99. The average molecular weight is 272 g/mol. The number of carboxylic acids is 2. The van der Waals surface area contributed by atoms with E-state index in [4.69, 9.17) is 16.6 Å². The van der Waals surface area contributed by atoms with Crippen LogP contribution in [0.3, 0.4) is 0 Å². The highest BCUT2D eigenvalue weighted by Crippen LogP contribution is 2.28. The summed E-state index contributed by atoms with van der Waals surface area (Å²) >= 11 is 0. The van der Waals surface area contributed by atoms with Crippen molar-refractivity contribution in [1.29, 1.82) is 0 Å². The van der Waals surface area contributed by atoms with E-state index >= 15 is 0 Å². The molecule has 20 heavy (non-hydrogen) atoms. The minimum atomic E-state index is -1.17. The smallest absolute Gasteiger partial charge is 0.337 e. The fourth-order valence-electron chi connectivity index (χ4n) is 1.90. The van der Waals surface area contributed by atoms with Gasteiger partial charge in [-0.05, 0) is 35.4 Å². The van der Waals surface area contributed by atoms with Gasteiger partial charge in [-0.3, -0.25) is 0 Å². The van der Waals surface area contributed by atoms with E-state index in [9.17, 15) is 14.7 Å². The lowest BCUT2D eigenvalue weighted by Gasteiger charge is -2.09. The predicted molar refractivity (Wildman–Crippen MR) is 74.6 cm³/mol. The van der Waals surface area contributed by atoms with Crippen molar-refractivity contribution < 1.29 is 19.8 Å². The van der Waals surface area contributed by atoms with Crippen LogP contribution in [0.15, 0.2) is 36.4 Å². The van der Waals surface area contributed by atoms with E-state index in [-0.39, 0.29) is 16.8 Å². The Labute approximate surface area is 114 Å². The van der Waals surface area contributed by atoms with E-state index in [0.717, 1.165) is 0 Å². The van der Waals surface area contributed by atoms with E-state index < -0.39 is 11.9 Å². The number of aromatic carboxylic acids is 2. The molecule has 2 rings (SSSR count). The Morgan fingerprint density at radius 2 is 1.50 bits per heavy atom. The van der Waals surface area contributed by atoms with Crippen molar-refractivity contribution in [2.45, 2.75) is 0 Å². The molecule has 102 valence electrons. The van der Waals surface area contributed by atoms with Crippen molar-refractivity contribution in [3.63, 3.8) is 0 Å². The van der Waals surface area contributed by atoms with Gasteiger partial charge in [0.1, 0.15) is 0 Å². The fourth-order valence-corrected chi connectivity index (χ4v) is 1.90. The van der Waals surface area contributed by atoms with Gasteiger partial charge < -0.3 is 21.7 Å². The Morgan fingerprint density at radius 1 is 0.850 bits per heavy atom. The molecule has 0 aliphatic rings. The number of hydrogen-bond donors (Lipinski definition) is 4. The number of benzene rings is 2. The SMILES string of the molecule is Nc1ccc(-c2ccc(N)c(C(=O)O)c2)c(C(=O)O)c1. The highest BCUT2D eigenvalue weighted by atomic mass is 16.4. The van der Waals surface area contributed by atoms with E-state index in [0.29, 0.717) is 16.8 Å². The van der Waals surface area contributed by atoms with Crippen LogP contribution in [0.5, 0.6) is 0 Å². The predicted octanol–water partition coefficient (Wildman–Crippen LogP) is 1.91. The Bertz CT molecular complexity index is 710. The maximum absolute atomic E-state index is 11.2. The van der Waals surface area contributed by atoms with Crippen LogP contribution in [0.2, 0.25) is 0 Å². The zero-order valence-corrected chi connectivity index (χ0v) is 10.3. The van der Waals surface area contributed by atoms with Gasteiger partial charge in [0.05, 0.1) is 11.1 Å². The van der Waals surface area contributed by atoms with Gasteiger partial charge in [-0.2, -0.15) is 0 Å². The van der Waals surface area contributed by atoms with Crippen molar-refractivity contribution in [2.75, 3.05) is 11.5 Å². The molecule has 0 amide bonds. The second-order valence-corrected chi connectivity index (χ2v) is 4.22. The van der Waals surface area contributed by atoms with Crippen molar-refractivity contribution in [2.24, 2.45) is 0 Å². The minimum absolute atomic E-state index is 0.00566. The molecule has 0 aromatic heterocycles. The molecule has 0 spiro atoms. The Kier molecular flexibility index (Phi) is 3.30. The summed E-state index contributed by atoms with van der Waals surface area (Å²) in [5, 5.41) is 18.2. The summed E-state index contributed by atoms with van der Waals surface area (Å²) in [6.45, 7) is 0. The summed E-state index contributed by atoms with van der Waals surface area (Å²) in [5.41, 5.74) is 12.3. The Hall–Kier alpha value is -3.02. The normalized spacial score (nSPS) is 10.2. The summed E-state index contributed by atoms with van der Waals surface area (Å²) in [5.74, 6) is -2.31. The third kappa shape index (κ3) is 2.39. The van der Waals surface area contributed by atoms with Crippen molar-refractivity contribution in [1.82, 2.24) is 0 Å². The maximum Gasteiger partial charge on any atom is 0.337 e. The first-order valence-electron chi connectivity index (χ1n) is 5.66. The van der Waals surface area contributed by atoms with Crippen LogP contribution in [-0.2, 0) is 0 Å². The largest absolute Gasteiger partial charge is 0.478 e. The maximum atomic E-state index is 11.2. The van der Waals surface area contributed by atoms with Gasteiger partial charge in [0.15, 0.2) is 0 Å². The first-order valence-corrected chi connectivity index (χ1v) is 5.66. The van der Waals surface area contributed by atoms with Crippen molar-refractivity contribution >= 4 is 23.3 Å². The highest BCUT2D eigenvalue weighted by Gasteiger charge is 2.15. The molecule has 6 N–H and O–H groups in total. The molecule has 0 unspecified atom stereocenters. The molecule has 0 radical (unpaired) electrons. The average Bonchev–Trinajstić information content (AvgIpc) is 2.39. The molecule has 0 atom stereocenters. The molecule has 2 aromatic carbocycles. The number of rotatable bonds is 3. The molecular formula is C14H12N2O4. The topological polar surface area (TPSA) is 127 Å². The number of anilines is 2. The van der Waals surface area contributed by atoms with Crippen molar-refractivity contribution in [3.05, 3.63) is 47.5 Å². The summed E-state index contributed by atoms with van der Waals surface area (Å²) in [6, 6.07) is 8.76. The van der Waals surface area contributed by atoms with Crippen LogP contribution < -0.4 is 11.5 Å². The van der Waals surface area contributed by atoms with Gasteiger partial charge >= 0.3 is 11.9 Å². The molecule has 0 bridgehead atoms. The minimum Gasteiger partial charge on any atom is -0.478 e. The van der Waals surface area contributed by atoms with Crippen LogP contribution in [0.1, 0.15) is 20.7 Å². The number of carbonyl (C=O) groups is 2. The van der Waals surface area contributed by atoms with E-state index in [1.807, 2.05) is 0 Å². The number of nitrogen functional groups attached to an aromatic ring is 2. The van der Waals surface area contributed by atoms with E-state index in [1.165, 1.54) is 24.3 Å². The number of carboxylic acid groups (broad SMARTS) is 2. The van der Waals surface area contributed by atoms with Crippen molar-refractivity contribution in [3.8, 4) is 11.1 Å². The molecule has 0 heterocycles. The van der Waals surface area contributed by atoms with E-state index in [1.54, 1.807) is 12.1 Å². The Morgan fingerprint density at radius 3 is 2.10 bits per heavy atom. The quantitative estimate of drug-likeness (QED) is 0.632. The lowest BCUT2D eigenvalue weighted by molar-refractivity contribution is 0.0687. The van der Waals surface area contributed by atoms with Crippen LogP contribution in [0.4, 0.5) is 11.4 Å². The molecular weight excluding hydrogens is 260 g/mol. The summed E-state index contributed by atoms with van der Waals surface area (Å²) in [6.07, 6.45) is 0. The summed E-state index contributed by atoms with van der Waals surface area (Å²) in [7, 11) is 0. The molecule has 0 aliphatic carbocycles. The summed E-state index contributed by atoms with van der Waals surface area (Å²) < 4.78 is 0. The van der Waals surface area contributed by atoms with Gasteiger partial charge in [-0.1, -0.05) is 12.1 Å². The zero-order valence-electron chi connectivity index (χ0n) is 10.3. The standard InChI is InChI=1S/C14H12N2O4/c15-8-2-3-9(10(6-8)13(17)18)7-1-4-12(16)11(5-7)14(19)20/h1-6H,15-16H2,(H,17,18)(H,19,20). The number of nitrogens with two attached hydrogens (primary N) is 2. The van der Waals surface area contributed by atoms with Gasteiger partial charge in [0.25, 0.3) is 0 Å². The summed E-state index contributed by atoms with van der Waals surface area (Å²) in [4.78, 5) is 22.3. The Balaban J connectivity index is 2.66. The van der Waals surface area contributed by atoms with Crippen LogP contribution in [-0.4, -0.2) is 22.2 Å². The zero-order chi connectivity index (χ0) is 14.9. The second-order valence-electron chi connectivity index (χ2n) is 4.22. The van der Waals surface area contributed by atoms with Crippen LogP contribution >= 0.6 is 0 Å². The first kappa shape index (κ1) is 13.4. The number of hydrogen-bond acceptors (Lipinski definition) is 4. The van der Waals surface area contributed by atoms with Gasteiger partial charge in [-0.25, -0.2) is 9.59 Å². The molecule has 0 saturated carbocycles. The van der Waals surface area contributed by atoms with Crippen LogP contribution in [0, 0.1) is 0 Å². The molecule has 2 aromatic rings. The molecule has 0 saturated heterocycles. The second kappa shape index (κ2) is 4.93. The monoisotopic (exact) mass is 272 g/mol. The van der Waals surface area contributed by atoms with Gasteiger partial charge in [0.2, 0.25) is 0 Å². The molecule has 0 fully saturated rings. The first-order chi connectivity index (χ1) is 9.40. The third-order valence-electron chi connectivity index (χ3n) is 2.87. The molecule has 6 nitrogen and oxygen atoms in total. The fraction of sp³-hybridized carbons (Fsp3) is 0. The molecule has 0 aliphatic heterocycles. The lowest BCUT2D eigenvalue weighted by atomic mass is 9.97. The van der Waals surface area contributed by atoms with Crippen LogP contribution in [0.25, 0.3) is 11.1 Å². The molecule has 6 heteroatoms. The van der Waals surface area contributed by atoms with Gasteiger partial charge in [-0.15, -0.1) is 0 Å². The van der Waals surface area contributed by atoms with E-state index in [2.05, 4.69) is 0 Å². The lowest BCUT2D eigenvalue weighted by Crippen LogP contribution is -2.04. The van der Waals surface area contributed by atoms with Gasteiger partial charge in [0, 0.05) is 11.4 Å².